The van der Waals surface area contributed by atoms with Gasteiger partial charge in [-0.3, -0.25) is 0 Å². The van der Waals surface area contributed by atoms with Crippen LogP contribution in [0.25, 0.3) is 0 Å². The van der Waals surface area contributed by atoms with Crippen molar-refractivity contribution in [1.82, 2.24) is 0 Å². The highest BCUT2D eigenvalue weighted by atomic mass is 16.5. The minimum Gasteiger partial charge on any atom is -0.494 e. The molecule has 0 unspecified atom stereocenters. The van der Waals surface area contributed by atoms with E-state index < -0.39 is 0 Å². The van der Waals surface area contributed by atoms with Crippen LogP contribution in [-0.2, 0) is 9.47 Å². The van der Waals surface area contributed by atoms with Crippen LogP contribution in [0.2, 0.25) is 0 Å². The number of ether oxygens (including phenoxy) is 4. The highest BCUT2D eigenvalue weighted by Gasteiger charge is 2.36. The zero-order chi connectivity index (χ0) is 25.9. The van der Waals surface area contributed by atoms with Crippen LogP contribution in [0.15, 0.2) is 48.5 Å². The van der Waals surface area contributed by atoms with Crippen LogP contribution in [-0.4, -0.2) is 39.0 Å². The van der Waals surface area contributed by atoms with Gasteiger partial charge < -0.3 is 18.9 Å². The largest absolute Gasteiger partial charge is 0.494 e. The molecule has 2 fully saturated rings. The predicted molar refractivity (Wildman–Crippen MR) is 147 cm³/mol. The monoisotopic (exact) mass is 508 g/mol. The quantitative estimate of drug-likeness (QED) is 0.150. The molecule has 37 heavy (non-hydrogen) atoms. The van der Waals surface area contributed by atoms with Crippen molar-refractivity contribution in [2.45, 2.75) is 77.6 Å². The third-order valence-corrected chi connectivity index (χ3v) is 8.12. The molecule has 0 bridgehead atoms. The van der Waals surface area contributed by atoms with Crippen LogP contribution in [0, 0.1) is 11.3 Å². The van der Waals surface area contributed by atoms with Crippen LogP contribution in [0.1, 0.15) is 93.5 Å². The molecule has 5 nitrogen and oxygen atoms in total. The zero-order valence-electron chi connectivity index (χ0n) is 22.7. The van der Waals surface area contributed by atoms with Gasteiger partial charge in [0.25, 0.3) is 0 Å². The molecule has 1 saturated heterocycles. The van der Waals surface area contributed by atoms with E-state index in [1.165, 1.54) is 44.1 Å². The third-order valence-electron chi connectivity index (χ3n) is 8.12. The summed E-state index contributed by atoms with van der Waals surface area (Å²) in [6.45, 7) is 8.28. The second-order valence-corrected chi connectivity index (χ2v) is 10.9. The average Bonchev–Trinajstić information content (AvgIpc) is 2.91. The summed E-state index contributed by atoms with van der Waals surface area (Å²) in [6.07, 6.45) is 10.8. The van der Waals surface area contributed by atoms with Gasteiger partial charge in [-0.05, 0) is 98.7 Å². The summed E-state index contributed by atoms with van der Waals surface area (Å²) in [5, 5.41) is 0. The summed E-state index contributed by atoms with van der Waals surface area (Å²) in [4.78, 5) is 12.6. The Bertz CT molecular complexity index is 935. The molecule has 0 atom stereocenters. The van der Waals surface area contributed by atoms with Gasteiger partial charge in [-0.15, -0.1) is 0 Å². The van der Waals surface area contributed by atoms with E-state index in [2.05, 4.69) is 26.0 Å². The van der Waals surface area contributed by atoms with Crippen molar-refractivity contribution in [2.75, 3.05) is 33.0 Å². The highest BCUT2D eigenvalue weighted by Crippen LogP contribution is 2.38. The Labute approximate surface area is 222 Å². The lowest BCUT2D eigenvalue weighted by Crippen LogP contribution is -2.45. The number of unbranched alkanes of at least 4 members (excludes halogenated alkanes) is 1. The molecular formula is C32H44O5. The average molecular weight is 509 g/mol. The maximum atomic E-state index is 12.6. The Hall–Kier alpha value is -2.37. The lowest BCUT2D eigenvalue weighted by atomic mass is 9.77. The standard InChI is InChI=1S/C32H44O5/c1-3-7-25-8-10-26(11-9-25)27-12-18-30(19-13-27)37-31(33)28-14-16-29(17-15-28)36-21-6-5-20-34-22-32(4-2)23-35-24-32/h12-19,25-26H,3-11,20-24H2,1-2H3. The van der Waals surface area contributed by atoms with Gasteiger partial charge in [0.2, 0.25) is 0 Å². The van der Waals surface area contributed by atoms with Crippen molar-refractivity contribution in [2.24, 2.45) is 11.3 Å². The van der Waals surface area contributed by atoms with Gasteiger partial charge in [-0.2, -0.15) is 0 Å². The van der Waals surface area contributed by atoms with Gasteiger partial charge in [-0.25, -0.2) is 4.79 Å². The summed E-state index contributed by atoms with van der Waals surface area (Å²) in [5.74, 6) is 2.54. The molecule has 0 radical (unpaired) electrons. The summed E-state index contributed by atoms with van der Waals surface area (Å²) in [5.41, 5.74) is 2.13. The molecule has 2 aromatic carbocycles. The number of carbonyl (C=O) groups is 1. The van der Waals surface area contributed by atoms with Crippen LogP contribution in [0.5, 0.6) is 11.5 Å². The minimum absolute atomic E-state index is 0.246. The summed E-state index contributed by atoms with van der Waals surface area (Å²) >= 11 is 0. The van der Waals surface area contributed by atoms with Crippen molar-refractivity contribution in [1.29, 1.82) is 0 Å². The molecule has 0 spiro atoms. The number of carbonyl (C=O) groups excluding carboxylic acids is 1. The number of hydrogen-bond acceptors (Lipinski definition) is 5. The third kappa shape index (κ3) is 8.05. The summed E-state index contributed by atoms with van der Waals surface area (Å²) in [6, 6.07) is 15.3. The first-order valence-electron chi connectivity index (χ1n) is 14.3. The molecule has 0 N–H and O–H groups in total. The van der Waals surface area contributed by atoms with Crippen molar-refractivity contribution in [3.63, 3.8) is 0 Å². The molecule has 1 aliphatic carbocycles. The van der Waals surface area contributed by atoms with Gasteiger partial charge in [0, 0.05) is 12.0 Å². The second kappa shape index (κ2) is 14.0. The summed E-state index contributed by atoms with van der Waals surface area (Å²) in [7, 11) is 0. The molecule has 2 aromatic rings. The molecule has 202 valence electrons. The highest BCUT2D eigenvalue weighted by molar-refractivity contribution is 5.91. The smallest absolute Gasteiger partial charge is 0.343 e. The van der Waals surface area contributed by atoms with E-state index in [1.54, 1.807) is 12.1 Å². The second-order valence-electron chi connectivity index (χ2n) is 10.9. The lowest BCUT2D eigenvalue weighted by molar-refractivity contribution is -0.150. The van der Waals surface area contributed by atoms with E-state index in [0.717, 1.165) is 57.4 Å². The Kier molecular flexibility index (Phi) is 10.4. The fourth-order valence-electron chi connectivity index (χ4n) is 5.42. The van der Waals surface area contributed by atoms with Crippen LogP contribution in [0.3, 0.4) is 0 Å². The molecule has 0 aromatic heterocycles. The molecule has 1 heterocycles. The topological polar surface area (TPSA) is 54.0 Å². The van der Waals surface area contributed by atoms with Crippen molar-refractivity contribution < 1.29 is 23.7 Å². The first-order chi connectivity index (χ1) is 18.1. The fraction of sp³-hybridized carbons (Fsp3) is 0.594. The fourth-order valence-corrected chi connectivity index (χ4v) is 5.42. The van der Waals surface area contributed by atoms with E-state index in [-0.39, 0.29) is 11.4 Å². The van der Waals surface area contributed by atoms with Crippen LogP contribution >= 0.6 is 0 Å². The van der Waals surface area contributed by atoms with E-state index in [1.807, 2.05) is 24.3 Å². The Morgan fingerprint density at radius 1 is 0.892 bits per heavy atom. The number of esters is 1. The maximum absolute atomic E-state index is 12.6. The summed E-state index contributed by atoms with van der Waals surface area (Å²) < 4.78 is 22.6. The van der Waals surface area contributed by atoms with E-state index in [9.17, 15) is 4.79 Å². The minimum atomic E-state index is -0.349. The Morgan fingerprint density at radius 2 is 1.57 bits per heavy atom. The van der Waals surface area contributed by atoms with Gasteiger partial charge >= 0.3 is 5.97 Å². The van der Waals surface area contributed by atoms with E-state index >= 15 is 0 Å². The Morgan fingerprint density at radius 3 is 2.19 bits per heavy atom. The lowest BCUT2D eigenvalue weighted by Gasteiger charge is -2.40. The number of rotatable bonds is 14. The Balaban J connectivity index is 1.13. The molecular weight excluding hydrogens is 464 g/mol. The predicted octanol–water partition coefficient (Wildman–Crippen LogP) is 7.58. The molecule has 4 rings (SSSR count). The molecule has 2 aliphatic rings. The van der Waals surface area contributed by atoms with Crippen LogP contribution in [0.4, 0.5) is 0 Å². The van der Waals surface area contributed by atoms with Crippen molar-refractivity contribution in [3.8, 4) is 11.5 Å². The number of hydrogen-bond donors (Lipinski definition) is 0. The van der Waals surface area contributed by atoms with Gasteiger partial charge in [0.05, 0.1) is 32.0 Å². The van der Waals surface area contributed by atoms with Gasteiger partial charge in [0.15, 0.2) is 0 Å². The molecule has 1 saturated carbocycles. The van der Waals surface area contributed by atoms with Gasteiger partial charge in [0.1, 0.15) is 11.5 Å². The molecule has 1 aliphatic heterocycles. The maximum Gasteiger partial charge on any atom is 0.343 e. The molecule has 0 amide bonds. The van der Waals surface area contributed by atoms with Crippen molar-refractivity contribution in [3.05, 3.63) is 59.7 Å². The van der Waals surface area contributed by atoms with Crippen molar-refractivity contribution >= 4 is 5.97 Å². The van der Waals surface area contributed by atoms with E-state index in [4.69, 9.17) is 18.9 Å². The SMILES string of the molecule is CCCC1CCC(c2ccc(OC(=O)c3ccc(OCCCCOCC4(CC)COC4)cc3)cc2)CC1. The normalized spacial score (nSPS) is 20.7. The van der Waals surface area contributed by atoms with E-state index in [0.29, 0.717) is 23.8 Å². The van der Waals surface area contributed by atoms with Crippen LogP contribution < -0.4 is 9.47 Å². The number of benzene rings is 2. The molecule has 5 heteroatoms. The zero-order valence-corrected chi connectivity index (χ0v) is 22.7. The first kappa shape index (κ1) is 27.7. The first-order valence-corrected chi connectivity index (χ1v) is 14.3. The van der Waals surface area contributed by atoms with Gasteiger partial charge in [-0.1, -0.05) is 38.8 Å².